The maximum absolute atomic E-state index is 13.5. The first-order valence-electron chi connectivity index (χ1n) is 4.69. The molecule has 0 aliphatic heterocycles. The molecule has 0 amide bonds. The lowest BCUT2D eigenvalue weighted by Gasteiger charge is -2.13. The van der Waals surface area contributed by atoms with Crippen LogP contribution >= 0.6 is 11.3 Å². The first kappa shape index (κ1) is 12.1. The maximum Gasteiger partial charge on any atom is 0.342 e. The van der Waals surface area contributed by atoms with Gasteiger partial charge in [-0.1, -0.05) is 0 Å². The van der Waals surface area contributed by atoms with Gasteiger partial charge in [0.05, 0.1) is 12.6 Å². The molecule has 1 rings (SSSR count). The lowest BCUT2D eigenvalue weighted by Crippen LogP contribution is -2.30. The number of hydrogen-bond acceptors (Lipinski definition) is 4. The topological polar surface area (TPSA) is 52.3 Å². The van der Waals surface area contributed by atoms with Gasteiger partial charge >= 0.3 is 5.97 Å². The normalized spacial score (nSPS) is 14.7. The van der Waals surface area contributed by atoms with Gasteiger partial charge in [0.15, 0.2) is 0 Å². The fraction of sp³-hybridized carbons (Fsp3) is 0.500. The molecule has 0 aliphatic rings. The van der Waals surface area contributed by atoms with Crippen molar-refractivity contribution in [2.24, 2.45) is 5.73 Å². The van der Waals surface area contributed by atoms with Crippen LogP contribution in [-0.2, 0) is 9.53 Å². The van der Waals surface area contributed by atoms with Gasteiger partial charge in [-0.3, -0.25) is 0 Å². The minimum Gasteiger partial charge on any atom is -0.464 e. The predicted molar refractivity (Wildman–Crippen MR) is 57.5 cm³/mol. The smallest absolute Gasteiger partial charge is 0.342 e. The van der Waals surface area contributed by atoms with Crippen LogP contribution in [0.1, 0.15) is 22.7 Å². The summed E-state index contributed by atoms with van der Waals surface area (Å²) in [6, 6.07) is 2.65. The average Bonchev–Trinajstić information content (AvgIpc) is 2.63. The average molecular weight is 231 g/mol. The molecule has 1 aromatic rings. The summed E-state index contributed by atoms with van der Waals surface area (Å²) in [5.74, 6) is -0.893. The Morgan fingerprint density at radius 2 is 2.33 bits per heavy atom. The maximum atomic E-state index is 13.5. The monoisotopic (exact) mass is 231 g/mol. The number of rotatable bonds is 4. The van der Waals surface area contributed by atoms with Crippen molar-refractivity contribution in [1.29, 1.82) is 0 Å². The van der Waals surface area contributed by atoms with Gasteiger partial charge < -0.3 is 10.5 Å². The second-order valence-corrected chi connectivity index (χ2v) is 4.45. The van der Waals surface area contributed by atoms with Crippen LogP contribution in [0.2, 0.25) is 0 Å². The summed E-state index contributed by atoms with van der Waals surface area (Å²) in [5.41, 5.74) is 5.62. The number of thiophene rings is 1. The Kier molecular flexibility index (Phi) is 4.23. The lowest BCUT2D eigenvalue weighted by molar-refractivity contribution is -0.149. The van der Waals surface area contributed by atoms with Crippen LogP contribution in [0.5, 0.6) is 0 Å². The highest BCUT2D eigenvalue weighted by atomic mass is 32.1. The number of alkyl halides is 1. The molecule has 0 aromatic carbocycles. The molecule has 0 saturated heterocycles. The summed E-state index contributed by atoms with van der Waals surface area (Å²) < 4.78 is 18.0. The number of hydrogen-bond donors (Lipinski definition) is 1. The van der Waals surface area contributed by atoms with E-state index in [1.54, 1.807) is 13.0 Å². The van der Waals surface area contributed by atoms with Crippen molar-refractivity contribution in [2.75, 3.05) is 6.61 Å². The Bertz CT molecular complexity index is 340. The van der Waals surface area contributed by atoms with E-state index < -0.39 is 18.2 Å². The molecule has 0 saturated carbocycles. The van der Waals surface area contributed by atoms with Crippen molar-refractivity contribution < 1.29 is 13.9 Å². The van der Waals surface area contributed by atoms with E-state index in [1.165, 1.54) is 11.3 Å². The molecule has 2 atom stereocenters. The van der Waals surface area contributed by atoms with Crippen molar-refractivity contribution in [3.8, 4) is 0 Å². The molecule has 0 spiro atoms. The molecule has 84 valence electrons. The Morgan fingerprint density at radius 3 is 2.80 bits per heavy atom. The van der Waals surface area contributed by atoms with E-state index in [4.69, 9.17) is 5.73 Å². The van der Waals surface area contributed by atoms with E-state index in [0.29, 0.717) is 4.88 Å². The van der Waals surface area contributed by atoms with E-state index in [2.05, 4.69) is 4.74 Å². The molecule has 1 heterocycles. The third-order valence-electron chi connectivity index (χ3n) is 1.92. The zero-order valence-corrected chi connectivity index (χ0v) is 9.51. The second-order valence-electron chi connectivity index (χ2n) is 3.13. The van der Waals surface area contributed by atoms with E-state index in [0.717, 1.165) is 4.88 Å². The fourth-order valence-electron chi connectivity index (χ4n) is 1.15. The van der Waals surface area contributed by atoms with Gasteiger partial charge in [0.2, 0.25) is 6.17 Å². The van der Waals surface area contributed by atoms with Crippen LogP contribution < -0.4 is 5.73 Å². The number of aryl methyl sites for hydroxylation is 1. The van der Waals surface area contributed by atoms with Crippen molar-refractivity contribution in [3.05, 3.63) is 21.9 Å². The lowest BCUT2D eigenvalue weighted by atomic mass is 10.1. The number of carbonyl (C=O) groups is 1. The summed E-state index contributed by atoms with van der Waals surface area (Å²) >= 11 is 1.39. The standard InChI is InChI=1S/C10H14FNO2S/c1-3-14-10(13)8(11)9(12)7-5-4-6(2)15-7/h4-5,8-9H,3,12H2,1-2H3/t8?,9-/m1/s1. The Morgan fingerprint density at radius 1 is 1.67 bits per heavy atom. The third kappa shape index (κ3) is 3.00. The summed E-state index contributed by atoms with van der Waals surface area (Å²) in [6.45, 7) is 3.69. The van der Waals surface area contributed by atoms with Gasteiger partial charge in [0, 0.05) is 9.75 Å². The van der Waals surface area contributed by atoms with Gasteiger partial charge in [-0.2, -0.15) is 0 Å². The number of halogens is 1. The van der Waals surface area contributed by atoms with Gasteiger partial charge in [-0.15, -0.1) is 11.3 Å². The fourth-order valence-corrected chi connectivity index (χ4v) is 2.04. The Balaban J connectivity index is 2.67. The van der Waals surface area contributed by atoms with Gasteiger partial charge in [0.25, 0.3) is 0 Å². The SMILES string of the molecule is CCOC(=O)C(F)[C@H](N)c1ccc(C)s1. The number of ether oxygens (including phenoxy) is 1. The molecule has 2 N–H and O–H groups in total. The summed E-state index contributed by atoms with van der Waals surface area (Å²) in [4.78, 5) is 12.8. The third-order valence-corrected chi connectivity index (χ3v) is 3.02. The van der Waals surface area contributed by atoms with Gasteiger partial charge in [-0.25, -0.2) is 9.18 Å². The molecule has 1 aromatic heterocycles. The van der Waals surface area contributed by atoms with Crippen molar-refractivity contribution >= 4 is 17.3 Å². The summed E-state index contributed by atoms with van der Waals surface area (Å²) in [7, 11) is 0. The van der Waals surface area contributed by atoms with Crippen LogP contribution in [-0.4, -0.2) is 18.7 Å². The summed E-state index contributed by atoms with van der Waals surface area (Å²) in [5, 5.41) is 0. The van der Waals surface area contributed by atoms with Crippen molar-refractivity contribution in [3.63, 3.8) is 0 Å². The molecular formula is C10H14FNO2S. The van der Waals surface area contributed by atoms with Crippen molar-refractivity contribution in [2.45, 2.75) is 26.1 Å². The minimum atomic E-state index is -1.79. The van der Waals surface area contributed by atoms with Crippen LogP contribution in [0.15, 0.2) is 12.1 Å². The first-order valence-corrected chi connectivity index (χ1v) is 5.50. The Labute approximate surface area is 92.0 Å². The van der Waals surface area contributed by atoms with E-state index >= 15 is 0 Å². The van der Waals surface area contributed by atoms with Gasteiger partial charge in [-0.05, 0) is 26.0 Å². The predicted octanol–water partition coefficient (Wildman–Crippen LogP) is 1.96. The Hall–Kier alpha value is -0.940. The van der Waals surface area contributed by atoms with Gasteiger partial charge in [0.1, 0.15) is 0 Å². The number of nitrogens with two attached hydrogens (primary N) is 1. The minimum absolute atomic E-state index is 0.162. The molecular weight excluding hydrogens is 217 g/mol. The highest BCUT2D eigenvalue weighted by Crippen LogP contribution is 2.25. The van der Waals surface area contributed by atoms with Crippen LogP contribution in [0.25, 0.3) is 0 Å². The molecule has 3 nitrogen and oxygen atoms in total. The molecule has 0 bridgehead atoms. The highest BCUT2D eigenvalue weighted by Gasteiger charge is 2.28. The van der Waals surface area contributed by atoms with Crippen molar-refractivity contribution in [1.82, 2.24) is 0 Å². The molecule has 15 heavy (non-hydrogen) atoms. The highest BCUT2D eigenvalue weighted by molar-refractivity contribution is 7.12. The molecule has 1 unspecified atom stereocenters. The van der Waals surface area contributed by atoms with E-state index in [-0.39, 0.29) is 6.61 Å². The zero-order valence-electron chi connectivity index (χ0n) is 8.70. The zero-order chi connectivity index (χ0) is 11.4. The molecule has 0 radical (unpaired) electrons. The first-order chi connectivity index (χ1) is 7.06. The summed E-state index contributed by atoms with van der Waals surface area (Å²) in [6.07, 6.45) is -1.79. The molecule has 5 heteroatoms. The van der Waals surface area contributed by atoms with Crippen LogP contribution in [0, 0.1) is 6.92 Å². The molecule has 0 aliphatic carbocycles. The van der Waals surface area contributed by atoms with E-state index in [9.17, 15) is 9.18 Å². The number of carbonyl (C=O) groups excluding carboxylic acids is 1. The van der Waals surface area contributed by atoms with E-state index in [1.807, 2.05) is 13.0 Å². The largest absolute Gasteiger partial charge is 0.464 e. The van der Waals surface area contributed by atoms with Crippen LogP contribution in [0.4, 0.5) is 4.39 Å². The number of esters is 1. The quantitative estimate of drug-likeness (QED) is 0.806. The second kappa shape index (κ2) is 5.23. The molecule has 0 fully saturated rings. The van der Waals surface area contributed by atoms with Crippen LogP contribution in [0.3, 0.4) is 0 Å².